The van der Waals surface area contributed by atoms with Crippen molar-refractivity contribution in [1.82, 2.24) is 16.0 Å². The average molecular weight is 293 g/mol. The summed E-state index contributed by atoms with van der Waals surface area (Å²) >= 11 is 0. The molecule has 0 aromatic carbocycles. The Hall–Kier alpha value is -1.82. The Morgan fingerprint density at radius 1 is 1.38 bits per heavy atom. The molecule has 1 aliphatic heterocycles. The van der Waals surface area contributed by atoms with Crippen LogP contribution in [0, 0.1) is 0 Å². The first-order valence-electron chi connectivity index (χ1n) is 7.36. The Balaban J connectivity index is 2.05. The van der Waals surface area contributed by atoms with Crippen LogP contribution < -0.4 is 16.0 Å². The molecule has 6 nitrogen and oxygen atoms in total. The maximum Gasteiger partial charge on any atom is 0.325 e. The number of allylic oxidation sites excluding steroid dienone is 4. The third-order valence-corrected chi connectivity index (χ3v) is 3.93. The van der Waals surface area contributed by atoms with E-state index in [1.54, 1.807) is 0 Å². The van der Waals surface area contributed by atoms with Crippen LogP contribution in [-0.2, 0) is 14.3 Å². The first-order valence-corrected chi connectivity index (χ1v) is 7.36. The highest BCUT2D eigenvalue weighted by molar-refractivity contribution is 5.89. The smallest absolute Gasteiger partial charge is 0.325 e. The zero-order valence-electron chi connectivity index (χ0n) is 12.4. The minimum Gasteiger partial charge on any atom is -0.468 e. The second kappa shape index (κ2) is 7.26. The number of esters is 1. The second-order valence-electron chi connectivity index (χ2n) is 5.37. The first-order chi connectivity index (χ1) is 10.2. The van der Waals surface area contributed by atoms with Crippen LogP contribution in [0.2, 0.25) is 0 Å². The van der Waals surface area contributed by atoms with Crippen LogP contribution in [0.4, 0.5) is 0 Å². The molecule has 1 aliphatic carbocycles. The zero-order valence-corrected chi connectivity index (χ0v) is 12.4. The molecule has 1 amide bonds. The van der Waals surface area contributed by atoms with Crippen LogP contribution in [-0.4, -0.2) is 44.2 Å². The molecular weight excluding hydrogens is 270 g/mol. The van der Waals surface area contributed by atoms with Crippen molar-refractivity contribution in [3.63, 3.8) is 0 Å². The minimum absolute atomic E-state index is 0.0921. The molecule has 21 heavy (non-hydrogen) atoms. The highest BCUT2D eigenvalue weighted by Gasteiger charge is 2.39. The maximum atomic E-state index is 12.6. The predicted octanol–water partition coefficient (Wildman–Crippen LogP) is 0.221. The van der Waals surface area contributed by atoms with E-state index in [4.69, 9.17) is 0 Å². The Kier molecular flexibility index (Phi) is 5.38. The SMILES string of the molecule is COC(=O)CNC(=O)C1(NC2=CC=CCC2)CCNCC1. The van der Waals surface area contributed by atoms with E-state index in [9.17, 15) is 9.59 Å². The van der Waals surface area contributed by atoms with Crippen LogP contribution in [0.1, 0.15) is 25.7 Å². The van der Waals surface area contributed by atoms with E-state index in [1.807, 2.05) is 12.2 Å². The molecule has 2 aliphatic rings. The number of nitrogens with one attached hydrogen (secondary N) is 3. The molecule has 0 atom stereocenters. The summed E-state index contributed by atoms with van der Waals surface area (Å²) < 4.78 is 4.56. The molecule has 6 heteroatoms. The van der Waals surface area contributed by atoms with Crippen molar-refractivity contribution in [2.45, 2.75) is 31.2 Å². The molecule has 0 aromatic rings. The second-order valence-corrected chi connectivity index (χ2v) is 5.37. The summed E-state index contributed by atoms with van der Waals surface area (Å²) in [6, 6.07) is 0. The summed E-state index contributed by atoms with van der Waals surface area (Å²) in [6.45, 7) is 1.47. The predicted molar refractivity (Wildman–Crippen MR) is 79.5 cm³/mol. The van der Waals surface area contributed by atoms with Gasteiger partial charge in [-0.2, -0.15) is 0 Å². The number of hydrogen-bond donors (Lipinski definition) is 3. The highest BCUT2D eigenvalue weighted by atomic mass is 16.5. The Morgan fingerprint density at radius 2 is 2.14 bits per heavy atom. The molecule has 1 heterocycles. The molecule has 0 radical (unpaired) electrons. The topological polar surface area (TPSA) is 79.5 Å². The Labute approximate surface area is 125 Å². The first kappa shape index (κ1) is 15.6. The molecule has 1 saturated heterocycles. The lowest BCUT2D eigenvalue weighted by atomic mass is 9.86. The van der Waals surface area contributed by atoms with Crippen LogP contribution in [0.3, 0.4) is 0 Å². The van der Waals surface area contributed by atoms with Gasteiger partial charge in [-0.3, -0.25) is 9.59 Å². The fraction of sp³-hybridized carbons (Fsp3) is 0.600. The third-order valence-electron chi connectivity index (χ3n) is 3.93. The lowest BCUT2D eigenvalue weighted by Crippen LogP contribution is -2.61. The van der Waals surface area contributed by atoms with E-state index >= 15 is 0 Å². The van der Waals surface area contributed by atoms with Crippen molar-refractivity contribution >= 4 is 11.9 Å². The fourth-order valence-corrected chi connectivity index (χ4v) is 2.67. The molecule has 0 bridgehead atoms. The van der Waals surface area contributed by atoms with E-state index in [2.05, 4.69) is 26.8 Å². The molecule has 1 fully saturated rings. The molecule has 116 valence electrons. The molecular formula is C15H23N3O3. The molecule has 0 unspecified atom stereocenters. The van der Waals surface area contributed by atoms with Gasteiger partial charge in [0.1, 0.15) is 12.1 Å². The molecule has 3 N–H and O–H groups in total. The van der Waals surface area contributed by atoms with Gasteiger partial charge in [-0.05, 0) is 44.8 Å². The summed E-state index contributed by atoms with van der Waals surface area (Å²) in [5.41, 5.74) is 0.434. The number of ether oxygens (including phenoxy) is 1. The molecule has 0 aromatic heterocycles. The van der Waals surface area contributed by atoms with Crippen molar-refractivity contribution in [3.8, 4) is 0 Å². The van der Waals surface area contributed by atoms with E-state index in [0.29, 0.717) is 12.8 Å². The molecule has 0 spiro atoms. The van der Waals surface area contributed by atoms with Gasteiger partial charge < -0.3 is 20.7 Å². The number of carbonyl (C=O) groups is 2. The van der Waals surface area contributed by atoms with Gasteiger partial charge >= 0.3 is 5.97 Å². The Morgan fingerprint density at radius 3 is 2.76 bits per heavy atom. The van der Waals surface area contributed by atoms with Crippen molar-refractivity contribution < 1.29 is 14.3 Å². The van der Waals surface area contributed by atoms with Crippen molar-refractivity contribution in [1.29, 1.82) is 0 Å². The number of methoxy groups -OCH3 is 1. The highest BCUT2D eigenvalue weighted by Crippen LogP contribution is 2.23. The van der Waals surface area contributed by atoms with Gasteiger partial charge in [-0.1, -0.05) is 12.2 Å². The summed E-state index contributed by atoms with van der Waals surface area (Å²) in [5.74, 6) is -0.572. The van der Waals surface area contributed by atoms with Gasteiger partial charge in [-0.15, -0.1) is 0 Å². The number of carbonyl (C=O) groups excluding carboxylic acids is 2. The number of piperidine rings is 1. The van der Waals surface area contributed by atoms with Gasteiger partial charge in [0, 0.05) is 5.70 Å². The van der Waals surface area contributed by atoms with Crippen LogP contribution >= 0.6 is 0 Å². The summed E-state index contributed by atoms with van der Waals surface area (Å²) in [7, 11) is 1.31. The number of amides is 1. The van der Waals surface area contributed by atoms with Crippen molar-refractivity contribution in [2.24, 2.45) is 0 Å². The molecule has 2 rings (SSSR count). The van der Waals surface area contributed by atoms with Crippen LogP contribution in [0.25, 0.3) is 0 Å². The lowest BCUT2D eigenvalue weighted by molar-refractivity contribution is -0.142. The average Bonchev–Trinajstić information content (AvgIpc) is 2.54. The third kappa shape index (κ3) is 4.07. The van der Waals surface area contributed by atoms with Crippen LogP contribution in [0.5, 0.6) is 0 Å². The quantitative estimate of drug-likeness (QED) is 0.632. The van der Waals surface area contributed by atoms with Gasteiger partial charge in [0.05, 0.1) is 7.11 Å². The lowest BCUT2D eigenvalue weighted by Gasteiger charge is -2.38. The van der Waals surface area contributed by atoms with Crippen LogP contribution in [0.15, 0.2) is 23.9 Å². The van der Waals surface area contributed by atoms with Gasteiger partial charge in [-0.25, -0.2) is 0 Å². The number of rotatable bonds is 5. The largest absolute Gasteiger partial charge is 0.468 e. The number of hydrogen-bond acceptors (Lipinski definition) is 5. The van der Waals surface area contributed by atoms with Gasteiger partial charge in [0.15, 0.2) is 0 Å². The summed E-state index contributed by atoms with van der Waals surface area (Å²) in [6.07, 6.45) is 9.42. The van der Waals surface area contributed by atoms with Gasteiger partial charge in [0.2, 0.25) is 5.91 Å². The normalized spacial score (nSPS) is 20.3. The maximum absolute atomic E-state index is 12.6. The van der Waals surface area contributed by atoms with E-state index < -0.39 is 11.5 Å². The monoisotopic (exact) mass is 293 g/mol. The summed E-state index contributed by atoms with van der Waals surface area (Å²) in [5, 5.41) is 9.37. The molecule has 0 saturated carbocycles. The van der Waals surface area contributed by atoms with Crippen molar-refractivity contribution in [3.05, 3.63) is 23.9 Å². The van der Waals surface area contributed by atoms with Crippen molar-refractivity contribution in [2.75, 3.05) is 26.7 Å². The van der Waals surface area contributed by atoms with E-state index in [0.717, 1.165) is 31.6 Å². The standard InChI is InChI=1S/C15H23N3O3/c1-21-13(19)11-17-14(20)15(7-9-16-10-8-15)18-12-5-3-2-4-6-12/h2-3,5,16,18H,4,6-11H2,1H3,(H,17,20). The van der Waals surface area contributed by atoms with Gasteiger partial charge in [0.25, 0.3) is 0 Å². The zero-order chi connectivity index (χ0) is 15.1. The Bertz CT molecular complexity index is 451. The van der Waals surface area contributed by atoms with E-state index in [1.165, 1.54) is 7.11 Å². The minimum atomic E-state index is -0.643. The fourth-order valence-electron chi connectivity index (χ4n) is 2.67. The summed E-state index contributed by atoms with van der Waals surface area (Å²) in [4.78, 5) is 23.8. The van der Waals surface area contributed by atoms with E-state index in [-0.39, 0.29) is 12.5 Å².